The number of hydrogen-bond acceptors (Lipinski definition) is 1. The van der Waals surface area contributed by atoms with Gasteiger partial charge in [0.05, 0.1) is 5.56 Å². The minimum Gasteiger partial charge on any atom is -0.478 e. The molecule has 2 aromatic carbocycles. The van der Waals surface area contributed by atoms with Crippen LogP contribution in [0.1, 0.15) is 15.9 Å². The van der Waals surface area contributed by atoms with Crippen molar-refractivity contribution in [2.24, 2.45) is 0 Å². The molecule has 0 unspecified atom stereocenters. The highest BCUT2D eigenvalue weighted by Gasteiger charge is 2.07. The maximum atomic E-state index is 10.9. The van der Waals surface area contributed by atoms with E-state index in [1.807, 2.05) is 18.2 Å². The Kier molecular flexibility index (Phi) is 2.60. The molecule has 0 aromatic heterocycles. The number of carboxylic acids is 1. The summed E-state index contributed by atoms with van der Waals surface area (Å²) in [5, 5.41) is 10.6. The first-order valence-electron chi connectivity index (χ1n) is 4.53. The molecule has 0 saturated carbocycles. The molecule has 0 amide bonds. The van der Waals surface area contributed by atoms with Crippen molar-refractivity contribution in [1.82, 2.24) is 0 Å². The zero-order chi connectivity index (χ0) is 10.8. The standard InChI is InChI=1S/C12H9ClO2/c13-7-8-4-5-10-9(6-8)2-1-3-11(10)12(14)15/h1-6H,7H2,(H,14,15). The van der Waals surface area contributed by atoms with Crippen LogP contribution in [0.15, 0.2) is 36.4 Å². The van der Waals surface area contributed by atoms with Gasteiger partial charge in [0.15, 0.2) is 0 Å². The number of fused-ring (bicyclic) bond motifs is 1. The lowest BCUT2D eigenvalue weighted by Gasteiger charge is -2.03. The monoisotopic (exact) mass is 220 g/mol. The molecular weight excluding hydrogens is 212 g/mol. The number of benzene rings is 2. The van der Waals surface area contributed by atoms with Crippen LogP contribution < -0.4 is 0 Å². The smallest absolute Gasteiger partial charge is 0.336 e. The van der Waals surface area contributed by atoms with Crippen molar-refractivity contribution in [2.45, 2.75) is 5.88 Å². The van der Waals surface area contributed by atoms with Crippen LogP contribution in [-0.2, 0) is 5.88 Å². The van der Waals surface area contributed by atoms with Crippen LogP contribution in [0.25, 0.3) is 10.8 Å². The molecule has 0 bridgehead atoms. The fourth-order valence-electron chi connectivity index (χ4n) is 1.60. The fraction of sp³-hybridized carbons (Fsp3) is 0.0833. The average molecular weight is 221 g/mol. The van der Waals surface area contributed by atoms with Gasteiger partial charge < -0.3 is 5.11 Å². The third kappa shape index (κ3) is 1.81. The summed E-state index contributed by atoms with van der Waals surface area (Å²) in [6.45, 7) is 0. The minimum absolute atomic E-state index is 0.327. The van der Waals surface area contributed by atoms with Crippen LogP contribution in [-0.4, -0.2) is 11.1 Å². The van der Waals surface area contributed by atoms with Crippen LogP contribution in [0.4, 0.5) is 0 Å². The van der Waals surface area contributed by atoms with Crippen LogP contribution >= 0.6 is 11.6 Å². The maximum absolute atomic E-state index is 10.9. The zero-order valence-electron chi connectivity index (χ0n) is 7.90. The number of hydrogen-bond donors (Lipinski definition) is 1. The predicted octanol–water partition coefficient (Wildman–Crippen LogP) is 3.28. The third-order valence-electron chi connectivity index (χ3n) is 2.33. The second-order valence-corrected chi connectivity index (χ2v) is 3.57. The Labute approximate surface area is 92.1 Å². The highest BCUT2D eigenvalue weighted by molar-refractivity contribution is 6.17. The average Bonchev–Trinajstić information content (AvgIpc) is 2.27. The molecule has 0 aliphatic rings. The summed E-state index contributed by atoms with van der Waals surface area (Å²) in [7, 11) is 0. The van der Waals surface area contributed by atoms with Gasteiger partial charge in [0.25, 0.3) is 0 Å². The van der Waals surface area contributed by atoms with E-state index in [9.17, 15) is 4.79 Å². The Balaban J connectivity index is 2.72. The molecule has 0 spiro atoms. The summed E-state index contributed by atoms with van der Waals surface area (Å²) >= 11 is 5.71. The quantitative estimate of drug-likeness (QED) is 0.789. The summed E-state index contributed by atoms with van der Waals surface area (Å²) in [4.78, 5) is 10.9. The van der Waals surface area contributed by atoms with Gasteiger partial charge in [-0.25, -0.2) is 4.79 Å². The van der Waals surface area contributed by atoms with Gasteiger partial charge in [-0.3, -0.25) is 0 Å². The Hall–Kier alpha value is -1.54. The summed E-state index contributed by atoms with van der Waals surface area (Å²) in [5.74, 6) is -0.466. The van der Waals surface area contributed by atoms with E-state index in [0.29, 0.717) is 11.4 Å². The van der Waals surface area contributed by atoms with E-state index in [-0.39, 0.29) is 0 Å². The third-order valence-corrected chi connectivity index (χ3v) is 2.64. The maximum Gasteiger partial charge on any atom is 0.336 e. The number of carboxylic acid groups (broad SMARTS) is 1. The van der Waals surface area contributed by atoms with E-state index in [1.54, 1.807) is 18.2 Å². The normalized spacial score (nSPS) is 10.5. The van der Waals surface area contributed by atoms with E-state index in [0.717, 1.165) is 16.3 Å². The van der Waals surface area contributed by atoms with Gasteiger partial charge in [-0.2, -0.15) is 0 Å². The van der Waals surface area contributed by atoms with Crippen LogP contribution in [0.2, 0.25) is 0 Å². The summed E-state index contributed by atoms with van der Waals surface area (Å²) in [6, 6.07) is 10.8. The topological polar surface area (TPSA) is 37.3 Å². The molecule has 0 radical (unpaired) electrons. The number of carbonyl (C=O) groups is 1. The predicted molar refractivity (Wildman–Crippen MR) is 60.5 cm³/mol. The van der Waals surface area contributed by atoms with Crippen molar-refractivity contribution in [1.29, 1.82) is 0 Å². The fourth-order valence-corrected chi connectivity index (χ4v) is 1.77. The second kappa shape index (κ2) is 3.91. The van der Waals surface area contributed by atoms with E-state index >= 15 is 0 Å². The molecule has 0 atom stereocenters. The highest BCUT2D eigenvalue weighted by atomic mass is 35.5. The number of rotatable bonds is 2. The van der Waals surface area contributed by atoms with Crippen LogP contribution in [0, 0.1) is 0 Å². The molecule has 0 saturated heterocycles. The molecule has 76 valence electrons. The first kappa shape index (κ1) is 9.99. The van der Waals surface area contributed by atoms with Crippen molar-refractivity contribution in [3.05, 3.63) is 47.5 Å². The summed E-state index contributed by atoms with van der Waals surface area (Å²) in [6.07, 6.45) is 0. The number of alkyl halides is 1. The van der Waals surface area contributed by atoms with E-state index in [2.05, 4.69) is 0 Å². The molecule has 3 heteroatoms. The molecular formula is C12H9ClO2. The van der Waals surface area contributed by atoms with Gasteiger partial charge in [0.1, 0.15) is 0 Å². The first-order valence-corrected chi connectivity index (χ1v) is 5.07. The van der Waals surface area contributed by atoms with Crippen molar-refractivity contribution in [2.75, 3.05) is 0 Å². The molecule has 1 N–H and O–H groups in total. The molecule has 15 heavy (non-hydrogen) atoms. The summed E-state index contributed by atoms with van der Waals surface area (Å²) in [5.41, 5.74) is 1.32. The number of aromatic carboxylic acids is 1. The van der Waals surface area contributed by atoms with Crippen LogP contribution in [0.5, 0.6) is 0 Å². The number of halogens is 1. The lowest BCUT2D eigenvalue weighted by atomic mass is 10.0. The molecule has 0 aliphatic heterocycles. The Morgan fingerprint density at radius 1 is 1.27 bits per heavy atom. The largest absolute Gasteiger partial charge is 0.478 e. The molecule has 0 heterocycles. The van der Waals surface area contributed by atoms with Crippen molar-refractivity contribution in [3.8, 4) is 0 Å². The molecule has 2 rings (SSSR count). The van der Waals surface area contributed by atoms with Gasteiger partial charge in [-0.05, 0) is 28.5 Å². The lowest BCUT2D eigenvalue weighted by molar-refractivity contribution is 0.0699. The second-order valence-electron chi connectivity index (χ2n) is 3.30. The molecule has 2 aromatic rings. The zero-order valence-corrected chi connectivity index (χ0v) is 8.66. The summed E-state index contributed by atoms with van der Waals surface area (Å²) < 4.78 is 0. The first-order chi connectivity index (χ1) is 7.22. The van der Waals surface area contributed by atoms with Crippen molar-refractivity contribution < 1.29 is 9.90 Å². The van der Waals surface area contributed by atoms with E-state index in [4.69, 9.17) is 16.7 Å². The SMILES string of the molecule is O=C(O)c1cccc2cc(CCl)ccc12. The molecule has 2 nitrogen and oxygen atoms in total. The lowest BCUT2D eigenvalue weighted by Crippen LogP contribution is -1.97. The van der Waals surface area contributed by atoms with Crippen LogP contribution in [0.3, 0.4) is 0 Å². The van der Waals surface area contributed by atoms with Gasteiger partial charge >= 0.3 is 5.97 Å². The minimum atomic E-state index is -0.903. The van der Waals surface area contributed by atoms with E-state index in [1.165, 1.54) is 0 Å². The Morgan fingerprint density at radius 3 is 2.73 bits per heavy atom. The van der Waals surface area contributed by atoms with Gasteiger partial charge in [-0.1, -0.05) is 24.3 Å². The van der Waals surface area contributed by atoms with Crippen molar-refractivity contribution >= 4 is 28.3 Å². The van der Waals surface area contributed by atoms with Gasteiger partial charge in [0, 0.05) is 5.88 Å². The van der Waals surface area contributed by atoms with Crippen molar-refractivity contribution in [3.63, 3.8) is 0 Å². The van der Waals surface area contributed by atoms with Gasteiger partial charge in [0.2, 0.25) is 0 Å². The van der Waals surface area contributed by atoms with Gasteiger partial charge in [-0.15, -0.1) is 11.6 Å². The highest BCUT2D eigenvalue weighted by Crippen LogP contribution is 2.21. The molecule has 0 aliphatic carbocycles. The Morgan fingerprint density at radius 2 is 2.07 bits per heavy atom. The molecule has 0 fully saturated rings. The van der Waals surface area contributed by atoms with E-state index < -0.39 is 5.97 Å². The Bertz CT molecular complexity index is 520.